The third-order valence-electron chi connectivity index (χ3n) is 3.99. The lowest BCUT2D eigenvalue weighted by Crippen LogP contribution is -2.44. The van der Waals surface area contributed by atoms with Crippen LogP contribution in [0.3, 0.4) is 0 Å². The van der Waals surface area contributed by atoms with Gasteiger partial charge in [0.15, 0.2) is 0 Å². The fraction of sp³-hybridized carbons (Fsp3) is 0.533. The molecule has 0 aromatic rings. The highest BCUT2D eigenvalue weighted by Crippen LogP contribution is 2.56. The normalized spacial score (nSPS) is 41.8. The second kappa shape index (κ2) is 4.09. The Kier molecular flexibility index (Phi) is 2.67. The molecule has 0 radical (unpaired) electrons. The third-order valence-corrected chi connectivity index (χ3v) is 3.99. The molecule has 1 saturated heterocycles. The average molecular weight is 244 g/mol. The monoisotopic (exact) mass is 244 g/mol. The molecule has 18 heavy (non-hydrogen) atoms. The molecule has 3 nitrogen and oxygen atoms in total. The Balaban J connectivity index is 2.10. The number of hydrogen-bond donors (Lipinski definition) is 1. The first-order valence-corrected chi connectivity index (χ1v) is 6.70. The molecule has 1 aliphatic carbocycles. The SMILES string of the molecule is C=C/C=C1/NC(C)=NC2(COC3CC32)/C1=C/CC. The van der Waals surface area contributed by atoms with Gasteiger partial charge in [-0.05, 0) is 25.8 Å². The van der Waals surface area contributed by atoms with E-state index in [9.17, 15) is 0 Å². The minimum Gasteiger partial charge on any atom is -0.375 e. The molecular weight excluding hydrogens is 224 g/mol. The summed E-state index contributed by atoms with van der Waals surface area (Å²) < 4.78 is 5.84. The number of amidine groups is 1. The van der Waals surface area contributed by atoms with E-state index in [1.54, 1.807) is 0 Å². The van der Waals surface area contributed by atoms with Crippen molar-refractivity contribution in [2.75, 3.05) is 6.61 Å². The van der Waals surface area contributed by atoms with Gasteiger partial charge in [0.2, 0.25) is 0 Å². The van der Waals surface area contributed by atoms with Crippen molar-refractivity contribution in [1.82, 2.24) is 5.32 Å². The topological polar surface area (TPSA) is 33.6 Å². The van der Waals surface area contributed by atoms with Gasteiger partial charge in [0, 0.05) is 17.2 Å². The molecule has 3 rings (SSSR count). The first-order chi connectivity index (χ1) is 8.71. The number of hydrogen-bond acceptors (Lipinski definition) is 3. The van der Waals surface area contributed by atoms with Crippen LogP contribution in [0.4, 0.5) is 0 Å². The maximum absolute atomic E-state index is 5.84. The van der Waals surface area contributed by atoms with Crippen LogP contribution < -0.4 is 5.32 Å². The summed E-state index contributed by atoms with van der Waals surface area (Å²) in [6, 6.07) is 0. The van der Waals surface area contributed by atoms with Crippen LogP contribution in [-0.2, 0) is 4.74 Å². The van der Waals surface area contributed by atoms with Crippen molar-refractivity contribution in [2.24, 2.45) is 10.9 Å². The zero-order valence-corrected chi connectivity index (χ0v) is 11.1. The van der Waals surface area contributed by atoms with Gasteiger partial charge in [0.05, 0.1) is 18.5 Å². The summed E-state index contributed by atoms with van der Waals surface area (Å²) in [5, 5.41) is 3.36. The summed E-state index contributed by atoms with van der Waals surface area (Å²) in [6.45, 7) is 8.72. The van der Waals surface area contributed by atoms with Gasteiger partial charge in [-0.3, -0.25) is 4.99 Å². The van der Waals surface area contributed by atoms with Crippen molar-refractivity contribution in [3.05, 3.63) is 36.1 Å². The Labute approximate surface area is 108 Å². The Morgan fingerprint density at radius 3 is 3.00 bits per heavy atom. The van der Waals surface area contributed by atoms with E-state index in [1.165, 1.54) is 5.57 Å². The van der Waals surface area contributed by atoms with E-state index in [0.717, 1.165) is 31.0 Å². The standard InChI is InChI=1S/C15H20N2O/c1-4-6-11-13(7-5-2)16-10(3)17-15(11)9-18-14-8-12(14)15/h5-7,12,14H,2,4,8-9H2,1,3H3,(H,16,17)/b11-6+,13-7+. The van der Waals surface area contributed by atoms with Gasteiger partial charge < -0.3 is 10.1 Å². The van der Waals surface area contributed by atoms with Crippen LogP contribution in [0.5, 0.6) is 0 Å². The number of ether oxygens (including phenoxy) is 1. The van der Waals surface area contributed by atoms with Gasteiger partial charge in [-0.2, -0.15) is 0 Å². The minimum absolute atomic E-state index is 0.134. The summed E-state index contributed by atoms with van der Waals surface area (Å²) in [5.41, 5.74) is 2.29. The van der Waals surface area contributed by atoms with Crippen molar-refractivity contribution >= 4 is 5.84 Å². The van der Waals surface area contributed by atoms with Crippen molar-refractivity contribution < 1.29 is 4.74 Å². The molecule has 1 saturated carbocycles. The Bertz CT molecular complexity index is 475. The van der Waals surface area contributed by atoms with Crippen molar-refractivity contribution in [2.45, 2.75) is 38.3 Å². The molecule has 3 heteroatoms. The van der Waals surface area contributed by atoms with Crippen LogP contribution in [0, 0.1) is 5.92 Å². The molecular formula is C15H20N2O. The van der Waals surface area contributed by atoms with Crippen LogP contribution in [0.25, 0.3) is 0 Å². The summed E-state index contributed by atoms with van der Waals surface area (Å²) >= 11 is 0. The van der Waals surface area contributed by atoms with E-state index in [1.807, 2.05) is 19.1 Å². The molecule has 2 fully saturated rings. The molecule has 1 N–H and O–H groups in total. The summed E-state index contributed by atoms with van der Waals surface area (Å²) in [5.74, 6) is 1.55. The summed E-state index contributed by atoms with van der Waals surface area (Å²) in [6.07, 6.45) is 8.75. The predicted molar refractivity (Wildman–Crippen MR) is 73.5 cm³/mol. The molecule has 1 spiro atoms. The van der Waals surface area contributed by atoms with E-state index < -0.39 is 0 Å². The van der Waals surface area contributed by atoms with Gasteiger partial charge in [-0.1, -0.05) is 25.7 Å². The van der Waals surface area contributed by atoms with E-state index in [4.69, 9.17) is 9.73 Å². The van der Waals surface area contributed by atoms with Gasteiger partial charge in [-0.15, -0.1) is 0 Å². The van der Waals surface area contributed by atoms with Crippen LogP contribution in [-0.4, -0.2) is 24.1 Å². The molecule has 3 unspecified atom stereocenters. The van der Waals surface area contributed by atoms with E-state index >= 15 is 0 Å². The fourth-order valence-corrected chi connectivity index (χ4v) is 3.22. The molecule has 2 heterocycles. The number of aliphatic imine (C=N–C) groups is 1. The second-order valence-corrected chi connectivity index (χ2v) is 5.28. The van der Waals surface area contributed by atoms with Crippen molar-refractivity contribution in [1.29, 1.82) is 0 Å². The lowest BCUT2D eigenvalue weighted by atomic mass is 9.82. The highest BCUT2D eigenvalue weighted by molar-refractivity contribution is 5.85. The van der Waals surface area contributed by atoms with Crippen LogP contribution in [0.15, 0.2) is 41.1 Å². The Hall–Kier alpha value is -1.35. The van der Waals surface area contributed by atoms with Crippen molar-refractivity contribution in [3.8, 4) is 0 Å². The van der Waals surface area contributed by atoms with Crippen LogP contribution in [0.1, 0.15) is 26.7 Å². The first-order valence-electron chi connectivity index (χ1n) is 6.70. The zero-order valence-electron chi connectivity index (χ0n) is 11.1. The quantitative estimate of drug-likeness (QED) is 0.810. The number of allylic oxidation sites excluding steroid dienone is 3. The van der Waals surface area contributed by atoms with Crippen LogP contribution in [0.2, 0.25) is 0 Å². The molecule has 3 aliphatic rings. The molecule has 0 amide bonds. The van der Waals surface area contributed by atoms with Gasteiger partial charge in [0.1, 0.15) is 5.54 Å². The molecule has 0 aromatic carbocycles. The summed E-state index contributed by atoms with van der Waals surface area (Å²) in [4.78, 5) is 4.91. The van der Waals surface area contributed by atoms with E-state index in [-0.39, 0.29) is 5.54 Å². The minimum atomic E-state index is -0.134. The van der Waals surface area contributed by atoms with E-state index in [2.05, 4.69) is 24.9 Å². The summed E-state index contributed by atoms with van der Waals surface area (Å²) in [7, 11) is 0. The fourth-order valence-electron chi connectivity index (χ4n) is 3.22. The number of nitrogens with zero attached hydrogens (tertiary/aromatic N) is 1. The molecule has 96 valence electrons. The molecule has 2 aliphatic heterocycles. The first kappa shape index (κ1) is 11.7. The van der Waals surface area contributed by atoms with Crippen molar-refractivity contribution in [3.63, 3.8) is 0 Å². The van der Waals surface area contributed by atoms with Crippen LogP contribution >= 0.6 is 0 Å². The lowest BCUT2D eigenvalue weighted by Gasteiger charge is -2.35. The molecule has 3 atom stereocenters. The van der Waals surface area contributed by atoms with Gasteiger partial charge >= 0.3 is 0 Å². The zero-order chi connectivity index (χ0) is 12.8. The maximum atomic E-state index is 5.84. The number of rotatable bonds is 2. The Morgan fingerprint density at radius 1 is 1.61 bits per heavy atom. The van der Waals surface area contributed by atoms with Gasteiger partial charge in [0.25, 0.3) is 0 Å². The predicted octanol–water partition coefficient (Wildman–Crippen LogP) is 2.57. The Morgan fingerprint density at radius 2 is 2.44 bits per heavy atom. The highest BCUT2D eigenvalue weighted by Gasteiger charge is 2.62. The second-order valence-electron chi connectivity index (χ2n) is 5.28. The van der Waals surface area contributed by atoms with E-state index in [0.29, 0.717) is 12.0 Å². The highest BCUT2D eigenvalue weighted by atomic mass is 16.5. The number of nitrogens with one attached hydrogen (secondary N) is 1. The smallest absolute Gasteiger partial charge is 0.118 e. The van der Waals surface area contributed by atoms with Gasteiger partial charge in [-0.25, -0.2) is 0 Å². The third kappa shape index (κ3) is 1.57. The molecule has 0 bridgehead atoms. The number of fused-ring (bicyclic) bond motifs is 2. The average Bonchev–Trinajstić information content (AvgIpc) is 3.05. The largest absolute Gasteiger partial charge is 0.375 e. The lowest BCUT2D eigenvalue weighted by molar-refractivity contribution is 0.137. The molecule has 0 aromatic heterocycles. The maximum Gasteiger partial charge on any atom is 0.118 e.